The van der Waals surface area contributed by atoms with Crippen LogP contribution in [0.3, 0.4) is 0 Å². The van der Waals surface area contributed by atoms with Crippen molar-refractivity contribution in [3.8, 4) is 0 Å². The smallest absolute Gasteiger partial charge is 0.0897 e. The molecular formula is C11H21N3OS. The molecule has 0 aliphatic carbocycles. The summed E-state index contributed by atoms with van der Waals surface area (Å²) in [7, 11) is 1.74. The average Bonchev–Trinajstić information content (AvgIpc) is 2.66. The van der Waals surface area contributed by atoms with Gasteiger partial charge in [0.1, 0.15) is 0 Å². The Kier molecular flexibility index (Phi) is 4.86. The molecule has 0 aliphatic heterocycles. The van der Waals surface area contributed by atoms with E-state index in [0.717, 1.165) is 17.8 Å². The van der Waals surface area contributed by atoms with Crippen LogP contribution in [0.25, 0.3) is 0 Å². The molecule has 1 atom stereocenters. The summed E-state index contributed by atoms with van der Waals surface area (Å²) >= 11 is 1.68. The standard InChI is InChI=1S/C11H21N3OS/c1-8-13-7-10(16-8)9(14-12)5-6-11(2,3)15-4/h7,9,14H,5-6,12H2,1-4H3. The van der Waals surface area contributed by atoms with Crippen LogP contribution in [0.1, 0.15) is 42.6 Å². The van der Waals surface area contributed by atoms with Crippen LogP contribution in [0.2, 0.25) is 0 Å². The molecule has 1 aromatic rings. The first kappa shape index (κ1) is 13.6. The molecule has 0 fully saturated rings. The van der Waals surface area contributed by atoms with Gasteiger partial charge in [-0.25, -0.2) is 4.98 Å². The molecule has 1 heterocycles. The van der Waals surface area contributed by atoms with Gasteiger partial charge in [0.25, 0.3) is 0 Å². The minimum Gasteiger partial charge on any atom is -0.379 e. The molecule has 0 spiro atoms. The van der Waals surface area contributed by atoms with Gasteiger partial charge in [-0.2, -0.15) is 0 Å². The van der Waals surface area contributed by atoms with Crippen molar-refractivity contribution in [1.82, 2.24) is 10.4 Å². The Labute approximate surface area is 101 Å². The van der Waals surface area contributed by atoms with Gasteiger partial charge in [0.15, 0.2) is 0 Å². The predicted octanol–water partition coefficient (Wildman–Crippen LogP) is 2.16. The average molecular weight is 243 g/mol. The Morgan fingerprint density at radius 2 is 2.31 bits per heavy atom. The lowest BCUT2D eigenvalue weighted by atomic mass is 9.99. The molecule has 0 amide bonds. The van der Waals surface area contributed by atoms with Crippen molar-refractivity contribution in [3.05, 3.63) is 16.1 Å². The number of hydrogen-bond acceptors (Lipinski definition) is 5. The SMILES string of the molecule is COC(C)(C)CCC(NN)c1cnc(C)s1. The normalized spacial score (nSPS) is 14.1. The molecule has 1 rings (SSSR count). The lowest BCUT2D eigenvalue weighted by molar-refractivity contribution is 0.0117. The van der Waals surface area contributed by atoms with Gasteiger partial charge in [-0.05, 0) is 33.6 Å². The lowest BCUT2D eigenvalue weighted by Crippen LogP contribution is -2.30. The fourth-order valence-corrected chi connectivity index (χ4v) is 2.32. The molecule has 0 radical (unpaired) electrons. The lowest BCUT2D eigenvalue weighted by Gasteiger charge is -2.25. The molecule has 0 aliphatic rings. The number of thiazole rings is 1. The second-order valence-corrected chi connectivity index (χ2v) is 5.77. The minimum absolute atomic E-state index is 0.102. The summed E-state index contributed by atoms with van der Waals surface area (Å²) in [4.78, 5) is 5.43. The number of aromatic nitrogens is 1. The van der Waals surface area contributed by atoms with Crippen molar-refractivity contribution in [2.75, 3.05) is 7.11 Å². The Bertz CT molecular complexity index is 325. The summed E-state index contributed by atoms with van der Waals surface area (Å²) in [5, 5.41) is 1.07. The van der Waals surface area contributed by atoms with Crippen molar-refractivity contribution < 1.29 is 4.74 Å². The Balaban J connectivity index is 2.56. The summed E-state index contributed by atoms with van der Waals surface area (Å²) in [6.45, 7) is 6.16. The molecule has 0 saturated carbocycles. The summed E-state index contributed by atoms with van der Waals surface area (Å²) in [6, 6.07) is 0.167. The molecule has 5 heteroatoms. The number of methoxy groups -OCH3 is 1. The minimum atomic E-state index is -0.102. The van der Waals surface area contributed by atoms with Gasteiger partial charge in [-0.1, -0.05) is 0 Å². The number of hydrogen-bond donors (Lipinski definition) is 2. The highest BCUT2D eigenvalue weighted by atomic mass is 32.1. The Morgan fingerprint density at radius 3 is 2.75 bits per heavy atom. The third-order valence-corrected chi connectivity index (χ3v) is 3.80. The molecule has 0 bridgehead atoms. The van der Waals surface area contributed by atoms with Crippen molar-refractivity contribution in [2.24, 2.45) is 5.84 Å². The first-order chi connectivity index (χ1) is 7.48. The van der Waals surface area contributed by atoms with E-state index in [-0.39, 0.29) is 11.6 Å². The van der Waals surface area contributed by atoms with Gasteiger partial charge >= 0.3 is 0 Å². The highest BCUT2D eigenvalue weighted by Gasteiger charge is 2.20. The van der Waals surface area contributed by atoms with Crippen molar-refractivity contribution in [1.29, 1.82) is 0 Å². The highest BCUT2D eigenvalue weighted by Crippen LogP contribution is 2.27. The summed E-state index contributed by atoms with van der Waals surface area (Å²) in [6.07, 6.45) is 3.79. The van der Waals surface area contributed by atoms with E-state index in [2.05, 4.69) is 24.3 Å². The predicted molar refractivity (Wildman–Crippen MR) is 67.2 cm³/mol. The van der Waals surface area contributed by atoms with E-state index in [4.69, 9.17) is 10.6 Å². The topological polar surface area (TPSA) is 60.2 Å². The maximum absolute atomic E-state index is 5.57. The molecule has 0 saturated heterocycles. The van der Waals surface area contributed by atoms with Gasteiger partial charge in [-0.3, -0.25) is 11.3 Å². The number of aryl methyl sites for hydroxylation is 1. The Hall–Kier alpha value is -0.490. The van der Waals surface area contributed by atoms with Crippen molar-refractivity contribution in [2.45, 2.75) is 45.3 Å². The van der Waals surface area contributed by atoms with Crippen LogP contribution in [0, 0.1) is 6.92 Å². The molecule has 92 valence electrons. The monoisotopic (exact) mass is 243 g/mol. The summed E-state index contributed by atoms with van der Waals surface area (Å²) in [5.74, 6) is 5.57. The quantitative estimate of drug-likeness (QED) is 0.594. The fraction of sp³-hybridized carbons (Fsp3) is 0.727. The van der Waals surface area contributed by atoms with Gasteiger partial charge in [0, 0.05) is 18.2 Å². The number of rotatable bonds is 6. The van der Waals surface area contributed by atoms with Crippen LogP contribution in [-0.4, -0.2) is 17.7 Å². The zero-order chi connectivity index (χ0) is 12.2. The second kappa shape index (κ2) is 5.72. The molecule has 3 N–H and O–H groups in total. The molecule has 4 nitrogen and oxygen atoms in total. The van der Waals surface area contributed by atoms with Crippen LogP contribution in [0.4, 0.5) is 0 Å². The summed E-state index contributed by atoms with van der Waals surface area (Å²) in [5.41, 5.74) is 2.74. The van der Waals surface area contributed by atoms with E-state index in [9.17, 15) is 0 Å². The third-order valence-electron chi connectivity index (χ3n) is 2.77. The first-order valence-electron chi connectivity index (χ1n) is 5.42. The van der Waals surface area contributed by atoms with Gasteiger partial charge in [0.2, 0.25) is 0 Å². The van der Waals surface area contributed by atoms with Gasteiger partial charge in [-0.15, -0.1) is 11.3 Å². The zero-order valence-corrected chi connectivity index (χ0v) is 11.2. The van der Waals surface area contributed by atoms with Gasteiger partial charge < -0.3 is 4.74 Å². The third kappa shape index (κ3) is 3.83. The largest absolute Gasteiger partial charge is 0.379 e. The van der Waals surface area contributed by atoms with E-state index in [1.54, 1.807) is 18.4 Å². The highest BCUT2D eigenvalue weighted by molar-refractivity contribution is 7.11. The number of ether oxygens (including phenoxy) is 1. The van der Waals surface area contributed by atoms with Crippen LogP contribution in [-0.2, 0) is 4.74 Å². The summed E-state index contributed by atoms with van der Waals surface area (Å²) < 4.78 is 5.39. The van der Waals surface area contributed by atoms with Crippen LogP contribution in [0.15, 0.2) is 6.20 Å². The van der Waals surface area contributed by atoms with Crippen LogP contribution >= 0.6 is 11.3 Å². The van der Waals surface area contributed by atoms with Crippen LogP contribution in [0.5, 0.6) is 0 Å². The number of nitrogens with one attached hydrogen (secondary N) is 1. The first-order valence-corrected chi connectivity index (χ1v) is 6.24. The molecule has 0 aromatic carbocycles. The van der Waals surface area contributed by atoms with Crippen LogP contribution < -0.4 is 11.3 Å². The molecular weight excluding hydrogens is 222 g/mol. The van der Waals surface area contributed by atoms with Crippen molar-refractivity contribution >= 4 is 11.3 Å². The molecule has 1 aromatic heterocycles. The van der Waals surface area contributed by atoms with E-state index >= 15 is 0 Å². The maximum atomic E-state index is 5.57. The number of nitrogens with two attached hydrogens (primary N) is 1. The number of hydrazine groups is 1. The van der Waals surface area contributed by atoms with Gasteiger partial charge in [0.05, 0.1) is 16.7 Å². The maximum Gasteiger partial charge on any atom is 0.0897 e. The zero-order valence-electron chi connectivity index (χ0n) is 10.4. The Morgan fingerprint density at radius 1 is 1.62 bits per heavy atom. The molecule has 16 heavy (non-hydrogen) atoms. The van der Waals surface area contributed by atoms with Crippen molar-refractivity contribution in [3.63, 3.8) is 0 Å². The second-order valence-electron chi connectivity index (χ2n) is 4.50. The number of nitrogens with zero attached hydrogens (tertiary/aromatic N) is 1. The molecule has 1 unspecified atom stereocenters. The fourth-order valence-electron chi connectivity index (χ4n) is 1.44. The van der Waals surface area contributed by atoms with E-state index in [0.29, 0.717) is 0 Å². The van der Waals surface area contributed by atoms with E-state index in [1.165, 1.54) is 4.88 Å². The van der Waals surface area contributed by atoms with E-state index < -0.39 is 0 Å². The van der Waals surface area contributed by atoms with E-state index in [1.807, 2.05) is 13.1 Å².